The highest BCUT2D eigenvalue weighted by molar-refractivity contribution is 5.85. The Hall–Kier alpha value is -4.05. The van der Waals surface area contributed by atoms with Gasteiger partial charge in [-0.25, -0.2) is 9.97 Å². The first-order chi connectivity index (χ1) is 16.2. The van der Waals surface area contributed by atoms with Crippen LogP contribution >= 0.6 is 0 Å². The van der Waals surface area contributed by atoms with E-state index in [2.05, 4.69) is 42.1 Å². The molecule has 33 heavy (non-hydrogen) atoms. The number of aromatic nitrogens is 7. The molecule has 0 aliphatic carbocycles. The van der Waals surface area contributed by atoms with Gasteiger partial charge in [-0.15, -0.1) is 0 Å². The molecule has 1 fully saturated rings. The Morgan fingerprint density at radius 1 is 1.00 bits per heavy atom. The van der Waals surface area contributed by atoms with Gasteiger partial charge in [-0.05, 0) is 31.3 Å². The minimum atomic E-state index is 0.503. The summed E-state index contributed by atoms with van der Waals surface area (Å²) >= 11 is 0. The molecule has 0 spiro atoms. The second-order valence-electron chi connectivity index (χ2n) is 8.21. The van der Waals surface area contributed by atoms with Gasteiger partial charge in [0, 0.05) is 32.4 Å². The first-order valence-corrected chi connectivity index (χ1v) is 11.0. The number of anilines is 2. The molecule has 6 rings (SSSR count). The van der Waals surface area contributed by atoms with Crippen LogP contribution in [0.3, 0.4) is 0 Å². The van der Waals surface area contributed by atoms with Gasteiger partial charge in [-0.1, -0.05) is 12.1 Å². The van der Waals surface area contributed by atoms with Gasteiger partial charge in [0.25, 0.3) is 0 Å². The van der Waals surface area contributed by atoms with E-state index in [1.807, 2.05) is 41.0 Å². The van der Waals surface area contributed by atoms with E-state index in [4.69, 9.17) is 9.97 Å². The number of benzene rings is 1. The molecule has 0 bridgehead atoms. The van der Waals surface area contributed by atoms with E-state index in [0.29, 0.717) is 23.8 Å². The fraction of sp³-hybridized carbons (Fsp3) is 0.261. The van der Waals surface area contributed by atoms with E-state index in [-0.39, 0.29) is 0 Å². The Bertz CT molecular complexity index is 1370. The summed E-state index contributed by atoms with van der Waals surface area (Å²) in [7, 11) is 2.14. The lowest BCUT2D eigenvalue weighted by atomic mass is 10.3. The maximum absolute atomic E-state index is 4.92. The Morgan fingerprint density at radius 3 is 2.70 bits per heavy atom. The molecule has 10 nitrogen and oxygen atoms in total. The molecule has 0 radical (unpaired) electrons. The predicted molar refractivity (Wildman–Crippen MR) is 128 cm³/mol. The van der Waals surface area contributed by atoms with Crippen LogP contribution in [0.25, 0.3) is 27.9 Å². The Balaban J connectivity index is 1.39. The molecule has 0 atom stereocenters. The maximum Gasteiger partial charge on any atom is 0.229 e. The van der Waals surface area contributed by atoms with E-state index < -0.39 is 0 Å². The van der Waals surface area contributed by atoms with E-state index >= 15 is 0 Å². The van der Waals surface area contributed by atoms with Crippen molar-refractivity contribution in [3.63, 3.8) is 0 Å². The maximum atomic E-state index is 4.92. The normalized spacial score (nSPS) is 14.9. The number of hydrogen-bond acceptors (Lipinski definition) is 8. The lowest BCUT2D eigenvalue weighted by molar-refractivity contribution is 0.311. The second-order valence-corrected chi connectivity index (χ2v) is 8.21. The number of nitrogens with zero attached hydrogens (tertiary/aromatic N) is 8. The standard InChI is InChI=1S/C23H24N10/c1-31-9-11-32(12-10-31)23-29-21(25-14-19-27-17-6-2-3-7-18(17)28-19)20-22(30-23)33(15-26-20)16-5-4-8-24-13-16/h2-8,13,15H,9-12,14H2,1H3,(H,27,28)(H,25,29,30). The summed E-state index contributed by atoms with van der Waals surface area (Å²) in [6.07, 6.45) is 5.34. The van der Waals surface area contributed by atoms with Crippen LogP contribution in [0, 0.1) is 0 Å². The number of hydrogen-bond donors (Lipinski definition) is 2. The third kappa shape index (κ3) is 3.74. The van der Waals surface area contributed by atoms with Crippen LogP contribution in [0.5, 0.6) is 0 Å². The first-order valence-electron chi connectivity index (χ1n) is 11.0. The lowest BCUT2D eigenvalue weighted by Crippen LogP contribution is -2.45. The molecule has 1 aliphatic heterocycles. The monoisotopic (exact) mass is 440 g/mol. The quantitative estimate of drug-likeness (QED) is 0.430. The van der Waals surface area contributed by atoms with Crippen molar-refractivity contribution in [2.24, 2.45) is 0 Å². The smallest absolute Gasteiger partial charge is 0.229 e. The predicted octanol–water partition coefficient (Wildman–Crippen LogP) is 2.45. The SMILES string of the molecule is CN1CCN(c2nc(NCc3nc4ccccc4[nH]3)c3ncn(-c4cccnc4)c3n2)CC1. The van der Waals surface area contributed by atoms with Gasteiger partial charge in [0.1, 0.15) is 12.2 Å². The largest absolute Gasteiger partial charge is 0.361 e. The van der Waals surface area contributed by atoms with Gasteiger partial charge in [-0.3, -0.25) is 9.55 Å². The van der Waals surface area contributed by atoms with E-state index in [9.17, 15) is 0 Å². The zero-order valence-corrected chi connectivity index (χ0v) is 18.3. The topological polar surface area (TPSA) is 104 Å². The molecule has 0 amide bonds. The molecule has 0 unspecified atom stereocenters. The summed E-state index contributed by atoms with van der Waals surface area (Å²) in [5, 5.41) is 3.44. The van der Waals surface area contributed by atoms with Crippen molar-refractivity contribution in [2.45, 2.75) is 6.54 Å². The summed E-state index contributed by atoms with van der Waals surface area (Å²) < 4.78 is 1.95. The molecule has 2 N–H and O–H groups in total. The van der Waals surface area contributed by atoms with Crippen molar-refractivity contribution < 1.29 is 0 Å². The molecule has 0 saturated carbocycles. The van der Waals surface area contributed by atoms with Gasteiger partial charge in [-0.2, -0.15) is 9.97 Å². The van der Waals surface area contributed by atoms with Gasteiger partial charge in [0.15, 0.2) is 17.0 Å². The van der Waals surface area contributed by atoms with Crippen LogP contribution in [0.1, 0.15) is 5.82 Å². The van der Waals surface area contributed by atoms with Crippen LogP contribution in [0.4, 0.5) is 11.8 Å². The van der Waals surface area contributed by atoms with Crippen LogP contribution in [-0.2, 0) is 6.54 Å². The molecular formula is C23H24N10. The molecule has 1 saturated heterocycles. The number of aromatic amines is 1. The number of imidazole rings is 2. The van der Waals surface area contributed by atoms with Crippen molar-refractivity contribution in [2.75, 3.05) is 43.4 Å². The highest BCUT2D eigenvalue weighted by atomic mass is 15.3. The van der Waals surface area contributed by atoms with Gasteiger partial charge >= 0.3 is 0 Å². The van der Waals surface area contributed by atoms with Crippen LogP contribution in [-0.4, -0.2) is 72.6 Å². The van der Waals surface area contributed by atoms with Crippen molar-refractivity contribution in [1.29, 1.82) is 0 Å². The first kappa shape index (κ1) is 19.6. The lowest BCUT2D eigenvalue weighted by Gasteiger charge is -2.32. The summed E-state index contributed by atoms with van der Waals surface area (Å²) in [5.74, 6) is 2.24. The third-order valence-electron chi connectivity index (χ3n) is 5.96. The number of nitrogens with one attached hydrogen (secondary N) is 2. The number of rotatable bonds is 5. The molecular weight excluding hydrogens is 416 g/mol. The minimum Gasteiger partial charge on any atom is -0.361 e. The van der Waals surface area contributed by atoms with Gasteiger partial charge in [0.2, 0.25) is 5.95 Å². The van der Waals surface area contributed by atoms with Crippen LogP contribution in [0.15, 0.2) is 55.1 Å². The average Bonchev–Trinajstić information content (AvgIpc) is 3.47. The highest BCUT2D eigenvalue weighted by Crippen LogP contribution is 2.26. The van der Waals surface area contributed by atoms with Crippen LogP contribution < -0.4 is 10.2 Å². The summed E-state index contributed by atoms with van der Waals surface area (Å²) in [6.45, 7) is 4.22. The van der Waals surface area contributed by atoms with Crippen LogP contribution in [0.2, 0.25) is 0 Å². The Kier molecular flexibility index (Phi) is 4.84. The number of fused-ring (bicyclic) bond motifs is 2. The second kappa shape index (κ2) is 8.14. The van der Waals surface area contributed by atoms with Gasteiger partial charge in [0.05, 0.1) is 29.5 Å². The summed E-state index contributed by atoms with van der Waals surface area (Å²) in [5.41, 5.74) is 4.33. The highest BCUT2D eigenvalue weighted by Gasteiger charge is 2.21. The van der Waals surface area contributed by atoms with Crippen molar-refractivity contribution in [3.8, 4) is 5.69 Å². The minimum absolute atomic E-state index is 0.503. The number of pyridine rings is 1. The van der Waals surface area contributed by atoms with Gasteiger partial charge < -0.3 is 20.1 Å². The Labute approximate surface area is 190 Å². The zero-order chi connectivity index (χ0) is 22.2. The summed E-state index contributed by atoms with van der Waals surface area (Å²) in [4.78, 5) is 31.3. The fourth-order valence-corrected chi connectivity index (χ4v) is 4.10. The molecule has 4 aromatic heterocycles. The third-order valence-corrected chi connectivity index (χ3v) is 5.96. The number of likely N-dealkylation sites (N-methyl/N-ethyl adjacent to an activating group) is 1. The molecule has 5 aromatic rings. The molecule has 166 valence electrons. The van der Waals surface area contributed by atoms with Crippen molar-refractivity contribution >= 4 is 34.0 Å². The Morgan fingerprint density at radius 2 is 1.88 bits per heavy atom. The van der Waals surface area contributed by atoms with Crippen molar-refractivity contribution in [1.82, 2.24) is 39.4 Å². The average molecular weight is 441 g/mol. The fourth-order valence-electron chi connectivity index (χ4n) is 4.10. The summed E-state index contributed by atoms with van der Waals surface area (Å²) in [6, 6.07) is 11.9. The van der Waals surface area contributed by atoms with E-state index in [1.54, 1.807) is 18.7 Å². The zero-order valence-electron chi connectivity index (χ0n) is 18.3. The number of para-hydroxylation sites is 2. The molecule has 1 aliphatic rings. The van der Waals surface area contributed by atoms with E-state index in [0.717, 1.165) is 54.4 Å². The number of piperazine rings is 1. The van der Waals surface area contributed by atoms with E-state index in [1.165, 1.54) is 0 Å². The molecule has 5 heterocycles. The van der Waals surface area contributed by atoms with Crippen molar-refractivity contribution in [3.05, 3.63) is 60.9 Å². The molecule has 10 heteroatoms. The molecule has 1 aromatic carbocycles. The number of H-pyrrole nitrogens is 1.